The van der Waals surface area contributed by atoms with Crippen LogP contribution in [0.4, 0.5) is 0 Å². The van der Waals surface area contributed by atoms with Gasteiger partial charge >= 0.3 is 0 Å². The highest BCUT2D eigenvalue weighted by molar-refractivity contribution is 14.0. The van der Waals surface area contributed by atoms with E-state index in [2.05, 4.69) is 54.7 Å². The molecular weight excluding hydrogens is 453 g/mol. The maximum absolute atomic E-state index is 5.40. The Kier molecular flexibility index (Phi) is 10.8. The van der Waals surface area contributed by atoms with Gasteiger partial charge in [0.25, 0.3) is 0 Å². The number of nitrogens with zero attached hydrogens (tertiary/aromatic N) is 3. The molecule has 1 aromatic heterocycles. The van der Waals surface area contributed by atoms with E-state index < -0.39 is 0 Å². The first kappa shape index (κ1) is 23.3. The molecular formula is C20H32IN5O. The van der Waals surface area contributed by atoms with E-state index in [1.165, 1.54) is 5.56 Å². The summed E-state index contributed by atoms with van der Waals surface area (Å²) in [6, 6.07) is 8.30. The second-order valence-electron chi connectivity index (χ2n) is 6.53. The Balaban J connectivity index is 0.00000364. The molecule has 0 fully saturated rings. The van der Waals surface area contributed by atoms with E-state index in [1.54, 1.807) is 7.11 Å². The molecule has 0 radical (unpaired) electrons. The lowest BCUT2D eigenvalue weighted by atomic mass is 10.1. The van der Waals surface area contributed by atoms with Crippen molar-refractivity contribution in [2.24, 2.45) is 10.9 Å². The number of hydrogen-bond donors (Lipinski definition) is 2. The molecule has 2 N–H and O–H groups in total. The lowest BCUT2D eigenvalue weighted by Gasteiger charge is -2.14. The summed E-state index contributed by atoms with van der Waals surface area (Å²) in [5.41, 5.74) is 2.41. The van der Waals surface area contributed by atoms with Gasteiger partial charge in [-0.3, -0.25) is 9.67 Å². The summed E-state index contributed by atoms with van der Waals surface area (Å²) in [4.78, 5) is 4.70. The zero-order chi connectivity index (χ0) is 18.8. The molecule has 1 heterocycles. The largest absolute Gasteiger partial charge is 0.496 e. The number of benzene rings is 1. The average molecular weight is 485 g/mol. The van der Waals surface area contributed by atoms with Gasteiger partial charge in [-0.2, -0.15) is 5.10 Å². The van der Waals surface area contributed by atoms with E-state index in [1.807, 2.05) is 23.1 Å². The van der Waals surface area contributed by atoms with Gasteiger partial charge in [0, 0.05) is 38.6 Å². The Morgan fingerprint density at radius 1 is 1.33 bits per heavy atom. The Morgan fingerprint density at radius 2 is 2.15 bits per heavy atom. The van der Waals surface area contributed by atoms with Crippen LogP contribution < -0.4 is 15.4 Å². The van der Waals surface area contributed by atoms with E-state index >= 15 is 0 Å². The first-order valence-electron chi connectivity index (χ1n) is 9.25. The molecule has 2 rings (SSSR count). The van der Waals surface area contributed by atoms with Crippen molar-refractivity contribution in [3.05, 3.63) is 47.8 Å². The number of halogens is 1. The molecule has 0 spiro atoms. The van der Waals surface area contributed by atoms with Gasteiger partial charge in [-0.1, -0.05) is 19.1 Å². The van der Waals surface area contributed by atoms with E-state index in [0.29, 0.717) is 5.92 Å². The number of aliphatic imine (C=N–C) groups is 1. The van der Waals surface area contributed by atoms with Crippen molar-refractivity contribution < 1.29 is 4.74 Å². The SMILES string of the molecule is CCNC(=NCC(C)Cn1cccn1)NCCc1ccc(C)c(OC)c1.I. The predicted molar refractivity (Wildman–Crippen MR) is 122 cm³/mol. The van der Waals surface area contributed by atoms with Gasteiger partial charge in [0.2, 0.25) is 0 Å². The number of guanidine groups is 1. The lowest BCUT2D eigenvalue weighted by Crippen LogP contribution is -2.38. The Labute approximate surface area is 179 Å². The summed E-state index contributed by atoms with van der Waals surface area (Å²) < 4.78 is 7.35. The summed E-state index contributed by atoms with van der Waals surface area (Å²) in [5.74, 6) is 2.22. The summed E-state index contributed by atoms with van der Waals surface area (Å²) in [6.45, 7) is 9.62. The zero-order valence-electron chi connectivity index (χ0n) is 16.7. The predicted octanol–water partition coefficient (Wildman–Crippen LogP) is 3.25. The third kappa shape index (κ3) is 8.19. The first-order valence-corrected chi connectivity index (χ1v) is 9.25. The monoisotopic (exact) mass is 485 g/mol. The molecule has 0 bridgehead atoms. The minimum absolute atomic E-state index is 0. The maximum atomic E-state index is 5.40. The molecule has 0 aliphatic carbocycles. The second kappa shape index (κ2) is 12.6. The van der Waals surface area contributed by atoms with Crippen molar-refractivity contribution in [1.82, 2.24) is 20.4 Å². The minimum Gasteiger partial charge on any atom is -0.496 e. The maximum Gasteiger partial charge on any atom is 0.191 e. The van der Waals surface area contributed by atoms with E-state index in [4.69, 9.17) is 9.73 Å². The quantitative estimate of drug-likeness (QED) is 0.325. The number of ether oxygens (including phenoxy) is 1. The van der Waals surface area contributed by atoms with E-state index in [-0.39, 0.29) is 24.0 Å². The third-order valence-corrected chi connectivity index (χ3v) is 4.14. The van der Waals surface area contributed by atoms with Crippen molar-refractivity contribution in [3.8, 4) is 5.75 Å². The molecule has 0 saturated heterocycles. The highest BCUT2D eigenvalue weighted by Gasteiger charge is 2.05. The van der Waals surface area contributed by atoms with Crippen LogP contribution in [0.25, 0.3) is 0 Å². The van der Waals surface area contributed by atoms with Gasteiger partial charge in [-0.15, -0.1) is 24.0 Å². The Hall–Kier alpha value is -1.77. The summed E-state index contributed by atoms with van der Waals surface area (Å²) in [5, 5.41) is 11.0. The highest BCUT2D eigenvalue weighted by atomic mass is 127. The standard InChI is InChI=1S/C20H31N5O.HI/c1-5-21-20(23-14-16(2)15-25-12-6-10-24-25)22-11-9-18-8-7-17(3)19(13-18)26-4;/h6-8,10,12-13,16H,5,9,11,14-15H2,1-4H3,(H2,21,22,23);1H. The number of rotatable bonds is 9. The molecule has 0 amide bonds. The number of aryl methyl sites for hydroxylation is 1. The third-order valence-electron chi connectivity index (χ3n) is 4.14. The number of aromatic nitrogens is 2. The molecule has 2 aromatic rings. The molecule has 7 heteroatoms. The molecule has 0 saturated carbocycles. The molecule has 27 heavy (non-hydrogen) atoms. The van der Waals surface area contributed by atoms with Gasteiger partial charge in [0.05, 0.1) is 7.11 Å². The normalized spacial score (nSPS) is 12.2. The van der Waals surface area contributed by atoms with Crippen LogP contribution >= 0.6 is 24.0 Å². The van der Waals surface area contributed by atoms with Crippen LogP contribution in [0.3, 0.4) is 0 Å². The average Bonchev–Trinajstić information content (AvgIpc) is 3.14. The van der Waals surface area contributed by atoms with Crippen LogP contribution in [0.15, 0.2) is 41.7 Å². The van der Waals surface area contributed by atoms with Gasteiger partial charge in [0.1, 0.15) is 5.75 Å². The molecule has 0 aliphatic rings. The number of methoxy groups -OCH3 is 1. The smallest absolute Gasteiger partial charge is 0.191 e. The number of hydrogen-bond acceptors (Lipinski definition) is 3. The Morgan fingerprint density at radius 3 is 2.81 bits per heavy atom. The second-order valence-corrected chi connectivity index (χ2v) is 6.53. The molecule has 1 unspecified atom stereocenters. The zero-order valence-corrected chi connectivity index (χ0v) is 19.1. The van der Waals surface area contributed by atoms with E-state index in [0.717, 1.165) is 49.9 Å². The summed E-state index contributed by atoms with van der Waals surface area (Å²) in [6.07, 6.45) is 4.71. The van der Waals surface area contributed by atoms with Gasteiger partial charge in [0.15, 0.2) is 5.96 Å². The fourth-order valence-electron chi connectivity index (χ4n) is 2.72. The van der Waals surface area contributed by atoms with Crippen LogP contribution in [-0.4, -0.2) is 42.5 Å². The van der Waals surface area contributed by atoms with Crippen molar-refractivity contribution in [3.63, 3.8) is 0 Å². The van der Waals surface area contributed by atoms with Gasteiger partial charge in [-0.05, 0) is 49.4 Å². The highest BCUT2D eigenvalue weighted by Crippen LogP contribution is 2.18. The van der Waals surface area contributed by atoms with Crippen molar-refractivity contribution in [1.29, 1.82) is 0 Å². The van der Waals surface area contributed by atoms with Crippen molar-refractivity contribution >= 4 is 29.9 Å². The van der Waals surface area contributed by atoms with Gasteiger partial charge < -0.3 is 15.4 Å². The molecule has 6 nitrogen and oxygen atoms in total. The first-order chi connectivity index (χ1) is 12.6. The van der Waals surface area contributed by atoms with Crippen LogP contribution in [0.2, 0.25) is 0 Å². The van der Waals surface area contributed by atoms with E-state index in [9.17, 15) is 0 Å². The number of nitrogens with one attached hydrogen (secondary N) is 2. The molecule has 1 aromatic carbocycles. The van der Waals surface area contributed by atoms with Gasteiger partial charge in [-0.25, -0.2) is 0 Å². The topological polar surface area (TPSA) is 63.5 Å². The molecule has 1 atom stereocenters. The van der Waals surface area contributed by atoms with Crippen molar-refractivity contribution in [2.75, 3.05) is 26.7 Å². The fraction of sp³-hybridized carbons (Fsp3) is 0.500. The fourth-order valence-corrected chi connectivity index (χ4v) is 2.72. The van der Waals surface area contributed by atoms with Crippen LogP contribution in [0.1, 0.15) is 25.0 Å². The van der Waals surface area contributed by atoms with Crippen LogP contribution in [0, 0.1) is 12.8 Å². The summed E-state index contributed by atoms with van der Waals surface area (Å²) in [7, 11) is 1.71. The van der Waals surface area contributed by atoms with Crippen LogP contribution in [0.5, 0.6) is 5.75 Å². The minimum atomic E-state index is 0. The van der Waals surface area contributed by atoms with Crippen LogP contribution in [-0.2, 0) is 13.0 Å². The lowest BCUT2D eigenvalue weighted by molar-refractivity contribution is 0.411. The van der Waals surface area contributed by atoms with Crippen molar-refractivity contribution in [2.45, 2.75) is 33.7 Å². The molecule has 150 valence electrons. The molecule has 0 aliphatic heterocycles. The Bertz CT molecular complexity index is 688. The summed E-state index contributed by atoms with van der Waals surface area (Å²) >= 11 is 0.